The van der Waals surface area contributed by atoms with Gasteiger partial charge in [-0.1, -0.05) is 0 Å². The van der Waals surface area contributed by atoms with Crippen molar-refractivity contribution >= 4 is 11.8 Å². The summed E-state index contributed by atoms with van der Waals surface area (Å²) in [5, 5.41) is 69.7. The van der Waals surface area contributed by atoms with E-state index in [4.69, 9.17) is 10.2 Å². The van der Waals surface area contributed by atoms with Gasteiger partial charge in [0, 0.05) is 13.2 Å². The lowest BCUT2D eigenvalue weighted by Gasteiger charge is -2.34. The highest BCUT2D eigenvalue weighted by atomic mass is 16.3. The van der Waals surface area contributed by atoms with E-state index in [0.29, 0.717) is 0 Å². The fourth-order valence-corrected chi connectivity index (χ4v) is 2.66. The smallest absolute Gasteiger partial charge is 0.249 e. The van der Waals surface area contributed by atoms with Gasteiger partial charge in [0.2, 0.25) is 11.8 Å². The highest BCUT2D eigenvalue weighted by Gasteiger charge is 2.39. The Morgan fingerprint density at radius 1 is 0.625 bits per heavy atom. The van der Waals surface area contributed by atoms with Gasteiger partial charge in [-0.05, 0) is 53.4 Å². The fourth-order valence-electron chi connectivity index (χ4n) is 2.66. The first-order chi connectivity index (χ1) is 14.8. The van der Waals surface area contributed by atoms with Crippen molar-refractivity contribution in [2.75, 3.05) is 39.6 Å². The van der Waals surface area contributed by atoms with E-state index >= 15 is 0 Å². The summed E-state index contributed by atoms with van der Waals surface area (Å²) >= 11 is 0. The molecule has 2 amide bonds. The molecule has 188 valence electrons. The van der Waals surface area contributed by atoms with Crippen LogP contribution in [0.5, 0.6) is 0 Å². The molecule has 0 spiro atoms. The van der Waals surface area contributed by atoms with Crippen molar-refractivity contribution in [1.29, 1.82) is 0 Å². The predicted octanol–water partition coefficient (Wildman–Crippen LogP) is -1.78. The van der Waals surface area contributed by atoms with Crippen molar-refractivity contribution in [3.05, 3.63) is 0 Å². The van der Waals surface area contributed by atoms with Crippen LogP contribution in [0.4, 0.5) is 0 Å². The average molecular weight is 465 g/mol. The van der Waals surface area contributed by atoms with Crippen LogP contribution in [0.1, 0.15) is 53.4 Å². The zero-order valence-electron chi connectivity index (χ0n) is 19.5. The molecule has 0 atom stereocenters. The molecule has 0 saturated heterocycles. The normalized spacial score (nSPS) is 13.4. The zero-order chi connectivity index (χ0) is 25.1. The summed E-state index contributed by atoms with van der Waals surface area (Å²) in [5.74, 6) is -1.30. The highest BCUT2D eigenvalue weighted by Crippen LogP contribution is 2.21. The minimum Gasteiger partial charge on any atom is -0.396 e. The number of hydrogen-bond acceptors (Lipinski definition) is 10. The van der Waals surface area contributed by atoms with E-state index in [1.165, 1.54) is 27.7 Å². The molecule has 0 aromatic carbocycles. The Morgan fingerprint density at radius 2 is 0.906 bits per heavy atom. The van der Waals surface area contributed by atoms with E-state index in [9.17, 15) is 30.0 Å². The Labute approximate surface area is 188 Å². The van der Waals surface area contributed by atoms with Crippen LogP contribution in [0.25, 0.3) is 0 Å². The molecule has 0 bridgehead atoms. The summed E-state index contributed by atoms with van der Waals surface area (Å²) in [6.45, 7) is 3.23. The lowest BCUT2D eigenvalue weighted by Crippen LogP contribution is -2.59. The molecule has 0 aliphatic heterocycles. The molecule has 0 aliphatic carbocycles. The monoisotopic (exact) mass is 464 g/mol. The number of nitrogens with zero attached hydrogens (tertiary/aromatic N) is 2. The minimum absolute atomic E-state index is 0.140. The van der Waals surface area contributed by atoms with Crippen LogP contribution >= 0.6 is 0 Å². The number of rotatable bonds is 16. The number of amides is 2. The quantitative estimate of drug-likeness (QED) is 0.122. The average Bonchev–Trinajstić information content (AvgIpc) is 2.78. The first kappa shape index (κ1) is 30.3. The van der Waals surface area contributed by atoms with Gasteiger partial charge in [0.05, 0.1) is 37.5 Å². The summed E-state index contributed by atoms with van der Waals surface area (Å²) < 4.78 is 0. The van der Waals surface area contributed by atoms with E-state index in [1.54, 1.807) is 0 Å². The Balaban J connectivity index is 5.47. The number of azo groups is 1. The second kappa shape index (κ2) is 13.1. The zero-order valence-corrected chi connectivity index (χ0v) is 19.5. The van der Waals surface area contributed by atoms with Gasteiger partial charge in [-0.2, -0.15) is 10.2 Å². The Bertz CT molecular complexity index is 565. The van der Waals surface area contributed by atoms with Crippen molar-refractivity contribution in [3.63, 3.8) is 0 Å². The summed E-state index contributed by atoms with van der Waals surface area (Å²) in [6, 6.07) is 0. The Morgan fingerprint density at radius 3 is 1.12 bits per heavy atom. The van der Waals surface area contributed by atoms with Gasteiger partial charge in [0.1, 0.15) is 0 Å². The summed E-state index contributed by atoms with van der Waals surface area (Å²) in [6.07, 6.45) is 0.789. The molecule has 8 N–H and O–H groups in total. The van der Waals surface area contributed by atoms with Crippen LogP contribution < -0.4 is 10.6 Å². The van der Waals surface area contributed by atoms with E-state index in [2.05, 4.69) is 20.9 Å². The van der Waals surface area contributed by atoms with Crippen molar-refractivity contribution in [2.45, 2.75) is 75.5 Å². The van der Waals surface area contributed by atoms with Crippen LogP contribution in [0.3, 0.4) is 0 Å². The van der Waals surface area contributed by atoms with Crippen LogP contribution in [0.15, 0.2) is 10.2 Å². The topological polar surface area (TPSA) is 204 Å². The van der Waals surface area contributed by atoms with Crippen molar-refractivity contribution in [3.8, 4) is 0 Å². The summed E-state index contributed by atoms with van der Waals surface area (Å²) in [7, 11) is 0. The Hall–Kier alpha value is -1.70. The van der Waals surface area contributed by atoms with Gasteiger partial charge < -0.3 is 41.3 Å². The molecule has 0 saturated carbocycles. The maximum absolute atomic E-state index is 12.7. The van der Waals surface area contributed by atoms with Crippen molar-refractivity contribution < 1.29 is 40.2 Å². The van der Waals surface area contributed by atoms with Gasteiger partial charge in [-0.3, -0.25) is 9.59 Å². The molecule has 12 heteroatoms. The molecule has 12 nitrogen and oxygen atoms in total. The second-order valence-electron chi connectivity index (χ2n) is 9.07. The molecule has 32 heavy (non-hydrogen) atoms. The minimum atomic E-state index is -1.46. The molecule has 0 fully saturated rings. The van der Waals surface area contributed by atoms with Gasteiger partial charge >= 0.3 is 0 Å². The molecule has 0 aromatic rings. The van der Waals surface area contributed by atoms with E-state index < -0.39 is 60.4 Å². The summed E-state index contributed by atoms with van der Waals surface area (Å²) in [4.78, 5) is 25.5. The van der Waals surface area contributed by atoms with Gasteiger partial charge in [-0.25, -0.2) is 0 Å². The van der Waals surface area contributed by atoms with Gasteiger partial charge in [-0.15, -0.1) is 0 Å². The number of aliphatic hydroxyl groups is 6. The molecule has 0 unspecified atom stereocenters. The standard InChI is InChI=1S/C20H40N4O8/c1-17(2,15(31)21-19(11-27,12-28)7-5-9-25)23-24-18(3,4)16(32)22-20(13-29,14-30)8-6-10-26/h25-30H,5-14H2,1-4H3,(H,21,31)(H,22,32). The number of carbonyl (C=O) groups excluding carboxylic acids is 2. The van der Waals surface area contributed by atoms with Crippen LogP contribution in [0.2, 0.25) is 0 Å². The van der Waals surface area contributed by atoms with Gasteiger partial charge in [0.25, 0.3) is 0 Å². The first-order valence-corrected chi connectivity index (χ1v) is 10.6. The molecular formula is C20H40N4O8. The predicted molar refractivity (Wildman–Crippen MR) is 116 cm³/mol. The number of aliphatic hydroxyl groups excluding tert-OH is 6. The third-order valence-electron chi connectivity index (χ3n) is 5.26. The van der Waals surface area contributed by atoms with Crippen molar-refractivity contribution in [2.24, 2.45) is 10.2 Å². The number of carbonyl (C=O) groups is 2. The highest BCUT2D eigenvalue weighted by molar-refractivity contribution is 5.87. The molecule has 0 aliphatic rings. The lowest BCUT2D eigenvalue weighted by molar-refractivity contribution is -0.130. The third-order valence-corrected chi connectivity index (χ3v) is 5.26. The molecule has 0 radical (unpaired) electrons. The van der Waals surface area contributed by atoms with E-state index in [-0.39, 0.29) is 38.9 Å². The summed E-state index contributed by atoms with van der Waals surface area (Å²) in [5.41, 5.74) is -5.61. The number of hydrogen-bond donors (Lipinski definition) is 8. The molecule has 0 rings (SSSR count). The Kier molecular flexibility index (Phi) is 12.4. The maximum atomic E-state index is 12.7. The maximum Gasteiger partial charge on any atom is 0.249 e. The fraction of sp³-hybridized carbons (Fsp3) is 0.900. The lowest BCUT2D eigenvalue weighted by atomic mass is 9.93. The van der Waals surface area contributed by atoms with Crippen LogP contribution in [0, 0.1) is 0 Å². The van der Waals surface area contributed by atoms with Crippen LogP contribution in [-0.2, 0) is 9.59 Å². The molecule has 0 heterocycles. The largest absolute Gasteiger partial charge is 0.396 e. The molecule has 0 aromatic heterocycles. The SMILES string of the molecule is CC(C)(N=NC(C)(C)C(=O)NC(CO)(CO)CCCO)C(=O)NC(CO)(CO)CCCO. The first-order valence-electron chi connectivity index (χ1n) is 10.6. The third kappa shape index (κ3) is 8.68. The van der Waals surface area contributed by atoms with E-state index in [1.807, 2.05) is 0 Å². The molecular weight excluding hydrogens is 424 g/mol. The number of nitrogens with one attached hydrogen (secondary N) is 2. The second-order valence-corrected chi connectivity index (χ2v) is 9.07. The van der Waals surface area contributed by atoms with Crippen molar-refractivity contribution in [1.82, 2.24) is 10.6 Å². The van der Waals surface area contributed by atoms with E-state index in [0.717, 1.165) is 0 Å². The van der Waals surface area contributed by atoms with Gasteiger partial charge in [0.15, 0.2) is 11.1 Å². The van der Waals surface area contributed by atoms with Crippen LogP contribution in [-0.4, -0.2) is 104 Å².